The van der Waals surface area contributed by atoms with Gasteiger partial charge in [-0.15, -0.1) is 11.6 Å². The average molecular weight is 341 g/mol. The van der Waals surface area contributed by atoms with Crippen molar-refractivity contribution in [2.75, 3.05) is 0 Å². The molecule has 3 aromatic rings. The molecule has 0 radical (unpaired) electrons. The van der Waals surface area contributed by atoms with Crippen LogP contribution in [0.2, 0.25) is 10.0 Å². The molecule has 108 valence electrons. The lowest BCUT2D eigenvalue weighted by atomic mass is 10.2. The van der Waals surface area contributed by atoms with Crippen LogP contribution in [0.4, 0.5) is 0 Å². The molecule has 0 bridgehead atoms. The molecule has 0 unspecified atom stereocenters. The van der Waals surface area contributed by atoms with Gasteiger partial charge in [-0.2, -0.15) is 0 Å². The number of imidazole rings is 1. The zero-order chi connectivity index (χ0) is 14.8. The number of nitrogens with zero attached hydrogens (tertiary/aromatic N) is 3. The normalized spacial score (nSPS) is 11.2. The second kappa shape index (κ2) is 6.22. The van der Waals surface area contributed by atoms with E-state index >= 15 is 0 Å². The molecule has 0 atom stereocenters. The van der Waals surface area contributed by atoms with Gasteiger partial charge in [0.2, 0.25) is 0 Å². The number of aromatic nitrogens is 3. The molecular weight excluding hydrogens is 329 g/mol. The zero-order valence-corrected chi connectivity index (χ0v) is 13.3. The molecule has 0 fully saturated rings. The third-order valence-corrected chi connectivity index (χ3v) is 4.30. The number of rotatable bonds is 4. The summed E-state index contributed by atoms with van der Waals surface area (Å²) in [6.07, 6.45) is 4.48. The van der Waals surface area contributed by atoms with Crippen molar-refractivity contribution in [3.05, 3.63) is 58.1 Å². The number of hydrogen-bond donors (Lipinski definition) is 0. The van der Waals surface area contributed by atoms with E-state index in [4.69, 9.17) is 34.8 Å². The fourth-order valence-corrected chi connectivity index (χ4v) is 2.83. The third-order valence-electron chi connectivity index (χ3n) is 3.34. The average Bonchev–Trinajstić information content (AvgIpc) is 2.83. The van der Waals surface area contributed by atoms with Crippen molar-refractivity contribution < 1.29 is 0 Å². The number of halogens is 3. The number of fused-ring (bicyclic) bond motifs is 1. The lowest BCUT2D eigenvalue weighted by Crippen LogP contribution is -2.05. The van der Waals surface area contributed by atoms with Crippen molar-refractivity contribution in [2.45, 2.75) is 18.8 Å². The molecule has 0 aliphatic heterocycles. The highest BCUT2D eigenvalue weighted by molar-refractivity contribution is 6.42. The molecule has 1 aromatic carbocycles. The predicted molar refractivity (Wildman–Crippen MR) is 87.3 cm³/mol. The molecule has 0 saturated carbocycles. The van der Waals surface area contributed by atoms with E-state index in [-0.39, 0.29) is 0 Å². The Morgan fingerprint density at radius 3 is 2.67 bits per heavy atom. The van der Waals surface area contributed by atoms with Gasteiger partial charge in [0, 0.05) is 18.9 Å². The summed E-state index contributed by atoms with van der Waals surface area (Å²) < 4.78 is 2.08. The molecule has 0 aliphatic carbocycles. The van der Waals surface area contributed by atoms with Crippen LogP contribution in [0, 0.1) is 0 Å². The largest absolute Gasteiger partial charge is 0.327 e. The summed E-state index contributed by atoms with van der Waals surface area (Å²) in [5.74, 6) is 1.16. The quantitative estimate of drug-likeness (QED) is 0.643. The summed E-state index contributed by atoms with van der Waals surface area (Å²) in [5, 5.41) is 1.02. The number of benzene rings is 1. The third kappa shape index (κ3) is 3.00. The smallest absolute Gasteiger partial charge is 0.124 e. The van der Waals surface area contributed by atoms with Gasteiger partial charge in [-0.25, -0.2) is 4.98 Å². The van der Waals surface area contributed by atoms with Gasteiger partial charge in [-0.3, -0.25) is 4.98 Å². The van der Waals surface area contributed by atoms with E-state index < -0.39 is 0 Å². The van der Waals surface area contributed by atoms with Crippen LogP contribution in [-0.4, -0.2) is 14.5 Å². The molecular formula is C15H12Cl3N3. The van der Waals surface area contributed by atoms with Crippen LogP contribution in [0.1, 0.15) is 11.4 Å². The highest BCUT2D eigenvalue weighted by atomic mass is 35.5. The summed E-state index contributed by atoms with van der Waals surface area (Å²) >= 11 is 18.2. The van der Waals surface area contributed by atoms with Crippen molar-refractivity contribution >= 4 is 45.8 Å². The summed E-state index contributed by atoms with van der Waals surface area (Å²) in [4.78, 5) is 8.64. The Labute approximate surface area is 137 Å². The van der Waals surface area contributed by atoms with Gasteiger partial charge in [0.1, 0.15) is 5.82 Å². The first-order valence-electron chi connectivity index (χ1n) is 6.48. The number of hydrogen-bond acceptors (Lipinski definition) is 2. The van der Waals surface area contributed by atoms with Crippen LogP contribution in [0.3, 0.4) is 0 Å². The predicted octanol–water partition coefficient (Wildman–Crippen LogP) is 4.72. The van der Waals surface area contributed by atoms with Crippen molar-refractivity contribution in [3.63, 3.8) is 0 Å². The monoisotopic (exact) mass is 339 g/mol. The molecule has 3 nitrogen and oxygen atoms in total. The minimum absolute atomic E-state index is 0.344. The molecule has 0 spiro atoms. The van der Waals surface area contributed by atoms with E-state index in [0.29, 0.717) is 15.9 Å². The van der Waals surface area contributed by atoms with Crippen molar-refractivity contribution in [3.8, 4) is 0 Å². The van der Waals surface area contributed by atoms with Gasteiger partial charge in [0.25, 0.3) is 0 Å². The lowest BCUT2D eigenvalue weighted by molar-refractivity contribution is 0.686. The fraction of sp³-hybridized carbons (Fsp3) is 0.200. The second-order valence-corrected chi connectivity index (χ2v) is 5.76. The molecule has 0 saturated heterocycles. The van der Waals surface area contributed by atoms with Crippen molar-refractivity contribution in [1.29, 1.82) is 0 Å². The number of alkyl halides is 1. The Morgan fingerprint density at radius 2 is 1.95 bits per heavy atom. The van der Waals surface area contributed by atoms with Gasteiger partial charge in [0.05, 0.1) is 27.0 Å². The van der Waals surface area contributed by atoms with Crippen LogP contribution >= 0.6 is 34.8 Å². The van der Waals surface area contributed by atoms with Crippen LogP contribution < -0.4 is 0 Å². The molecule has 6 heteroatoms. The second-order valence-electron chi connectivity index (χ2n) is 4.68. The SMILES string of the molecule is ClCc1nc2cc(Cl)c(Cl)cc2n1CCc1cccnc1. The summed E-state index contributed by atoms with van der Waals surface area (Å²) in [6.45, 7) is 0.766. The van der Waals surface area contributed by atoms with E-state index in [1.165, 1.54) is 5.56 Å². The van der Waals surface area contributed by atoms with E-state index in [1.54, 1.807) is 12.3 Å². The molecule has 0 N–H and O–H groups in total. The van der Waals surface area contributed by atoms with Crippen LogP contribution in [0.25, 0.3) is 11.0 Å². The molecule has 0 aliphatic rings. The standard InChI is InChI=1S/C15H12Cl3N3/c16-8-15-20-13-6-11(17)12(18)7-14(13)21(15)5-3-10-2-1-4-19-9-10/h1-2,4,6-7,9H,3,5,8H2. The van der Waals surface area contributed by atoms with Gasteiger partial charge < -0.3 is 4.57 Å². The maximum atomic E-state index is 6.11. The zero-order valence-electron chi connectivity index (χ0n) is 11.1. The maximum absolute atomic E-state index is 6.11. The lowest BCUT2D eigenvalue weighted by Gasteiger charge is -2.08. The minimum atomic E-state index is 0.344. The summed E-state index contributed by atoms with van der Waals surface area (Å²) in [7, 11) is 0. The molecule has 0 amide bonds. The maximum Gasteiger partial charge on any atom is 0.124 e. The molecule has 2 aromatic heterocycles. The van der Waals surface area contributed by atoms with Crippen molar-refractivity contribution in [1.82, 2.24) is 14.5 Å². The Bertz CT molecular complexity index is 769. The van der Waals surface area contributed by atoms with Gasteiger partial charge in [-0.05, 0) is 30.2 Å². The molecule has 21 heavy (non-hydrogen) atoms. The number of aryl methyl sites for hydroxylation is 2. The topological polar surface area (TPSA) is 30.7 Å². The van der Waals surface area contributed by atoms with Gasteiger partial charge in [-0.1, -0.05) is 29.3 Å². The fourth-order valence-electron chi connectivity index (χ4n) is 2.31. The van der Waals surface area contributed by atoms with E-state index in [9.17, 15) is 0 Å². The Balaban J connectivity index is 1.98. The van der Waals surface area contributed by atoms with Crippen LogP contribution in [-0.2, 0) is 18.8 Å². The molecule has 3 rings (SSSR count). The molecule has 2 heterocycles. The van der Waals surface area contributed by atoms with E-state index in [2.05, 4.69) is 20.6 Å². The van der Waals surface area contributed by atoms with Crippen LogP contribution in [0.5, 0.6) is 0 Å². The van der Waals surface area contributed by atoms with Gasteiger partial charge in [0.15, 0.2) is 0 Å². The first kappa shape index (κ1) is 14.6. The number of pyridine rings is 1. The van der Waals surface area contributed by atoms with E-state index in [0.717, 1.165) is 29.8 Å². The minimum Gasteiger partial charge on any atom is -0.327 e. The first-order chi connectivity index (χ1) is 10.2. The first-order valence-corrected chi connectivity index (χ1v) is 7.77. The summed E-state index contributed by atoms with van der Waals surface area (Å²) in [6, 6.07) is 7.60. The van der Waals surface area contributed by atoms with Crippen LogP contribution in [0.15, 0.2) is 36.7 Å². The highest BCUT2D eigenvalue weighted by Gasteiger charge is 2.12. The Kier molecular flexibility index (Phi) is 4.34. The summed E-state index contributed by atoms with van der Waals surface area (Å²) in [5.41, 5.74) is 2.93. The van der Waals surface area contributed by atoms with Crippen molar-refractivity contribution in [2.24, 2.45) is 0 Å². The van der Waals surface area contributed by atoms with E-state index in [1.807, 2.05) is 18.3 Å². The highest BCUT2D eigenvalue weighted by Crippen LogP contribution is 2.29. The Morgan fingerprint density at radius 1 is 1.14 bits per heavy atom. The Hall–Kier alpha value is -1.29. The van der Waals surface area contributed by atoms with Gasteiger partial charge >= 0.3 is 0 Å².